The third-order valence-electron chi connectivity index (χ3n) is 9.29. The molecule has 0 spiro atoms. The molecule has 0 unspecified atom stereocenters. The molecule has 5 aromatic rings. The molecule has 4 N–H and O–H groups in total. The summed E-state index contributed by atoms with van der Waals surface area (Å²) in [7, 11) is 0. The van der Waals surface area contributed by atoms with Gasteiger partial charge in [0.05, 0.1) is 12.9 Å². The Balaban J connectivity index is 1.16. The van der Waals surface area contributed by atoms with Crippen molar-refractivity contribution in [3.63, 3.8) is 0 Å². The number of aromatic nitrogens is 8. The fraction of sp³-hybridized carbons (Fsp3) is 0.457. The molecule has 0 bridgehead atoms. The highest BCUT2D eigenvalue weighted by Crippen LogP contribution is 2.39. The first kappa shape index (κ1) is 34.4. The van der Waals surface area contributed by atoms with E-state index in [9.17, 15) is 15.0 Å². The Bertz CT molecular complexity index is 1840. The first-order valence-corrected chi connectivity index (χ1v) is 17.4. The van der Waals surface area contributed by atoms with Crippen LogP contribution in [0.4, 0.5) is 11.8 Å². The molecule has 7 rings (SSSR count). The number of rotatable bonds is 14. The molecule has 2 fully saturated rings. The number of benzene rings is 2. The van der Waals surface area contributed by atoms with Gasteiger partial charge < -0.3 is 35.2 Å². The maximum Gasteiger partial charge on any atom is 0.302 e. The zero-order valence-electron chi connectivity index (χ0n) is 28.5. The van der Waals surface area contributed by atoms with Crippen LogP contribution in [-0.2, 0) is 20.8 Å². The minimum atomic E-state index is -1.36. The second-order valence-electron chi connectivity index (χ2n) is 12.8. The Labute approximate surface area is 294 Å². The van der Waals surface area contributed by atoms with Crippen LogP contribution in [0.1, 0.15) is 61.4 Å². The number of aliphatic hydroxyl groups is 2. The summed E-state index contributed by atoms with van der Waals surface area (Å²) in [5, 5.41) is 41.5. The Morgan fingerprint density at radius 1 is 0.961 bits per heavy atom. The summed E-state index contributed by atoms with van der Waals surface area (Å²) in [4.78, 5) is 29.2. The SMILES string of the molecule is CC(=O)OCCn1nnc([C@H]2O[C@@H](n3cnc4c(NCC(c5ccccc5)c5ccccc5)nc(NCCN5CCCCC5)nc43)[C@H](O)[C@@H]2O)n1. The van der Waals surface area contributed by atoms with Crippen LogP contribution in [0.2, 0.25) is 0 Å². The number of likely N-dealkylation sites (tertiary alicyclic amines) is 1. The van der Waals surface area contributed by atoms with Crippen molar-refractivity contribution in [2.75, 3.05) is 50.0 Å². The molecular formula is C35H43N11O5. The summed E-state index contributed by atoms with van der Waals surface area (Å²) in [5.74, 6) is 0.625. The van der Waals surface area contributed by atoms with E-state index in [4.69, 9.17) is 19.4 Å². The molecule has 2 aliphatic rings. The molecule has 3 aromatic heterocycles. The minimum absolute atomic E-state index is 0.0286. The number of carbonyl (C=O) groups excluding carboxylic acids is 1. The Hall–Kier alpha value is -5.03. The molecule has 2 aliphatic heterocycles. The van der Waals surface area contributed by atoms with Crippen LogP contribution in [0.5, 0.6) is 0 Å². The van der Waals surface area contributed by atoms with Gasteiger partial charge in [0.15, 0.2) is 29.3 Å². The number of nitrogens with one attached hydrogen (secondary N) is 2. The molecule has 0 saturated carbocycles. The fourth-order valence-electron chi connectivity index (χ4n) is 6.65. The summed E-state index contributed by atoms with van der Waals surface area (Å²) in [6, 6.07) is 20.6. The predicted molar refractivity (Wildman–Crippen MR) is 187 cm³/mol. The van der Waals surface area contributed by atoms with Gasteiger partial charge in [0, 0.05) is 32.5 Å². The average molecular weight is 698 g/mol. The van der Waals surface area contributed by atoms with Gasteiger partial charge in [0.1, 0.15) is 18.8 Å². The van der Waals surface area contributed by atoms with Crippen molar-refractivity contribution < 1.29 is 24.5 Å². The van der Waals surface area contributed by atoms with Crippen molar-refractivity contribution in [2.24, 2.45) is 0 Å². The van der Waals surface area contributed by atoms with Crippen molar-refractivity contribution in [1.82, 2.24) is 44.6 Å². The lowest BCUT2D eigenvalue weighted by molar-refractivity contribution is -0.141. The molecule has 51 heavy (non-hydrogen) atoms. The van der Waals surface area contributed by atoms with Gasteiger partial charge in [-0.05, 0) is 42.3 Å². The number of piperidine rings is 1. The van der Waals surface area contributed by atoms with Crippen LogP contribution in [-0.4, -0.2) is 112 Å². The molecule has 16 heteroatoms. The van der Waals surface area contributed by atoms with E-state index in [0.29, 0.717) is 36.0 Å². The lowest BCUT2D eigenvalue weighted by Crippen LogP contribution is -2.34. The number of carbonyl (C=O) groups is 1. The van der Waals surface area contributed by atoms with E-state index in [1.807, 2.05) is 36.4 Å². The van der Waals surface area contributed by atoms with Gasteiger partial charge in [-0.15, -0.1) is 10.2 Å². The summed E-state index contributed by atoms with van der Waals surface area (Å²) in [5.41, 5.74) is 3.22. The van der Waals surface area contributed by atoms with Crippen LogP contribution < -0.4 is 10.6 Å². The number of tetrazole rings is 1. The van der Waals surface area contributed by atoms with E-state index in [1.165, 1.54) is 37.3 Å². The van der Waals surface area contributed by atoms with Crippen LogP contribution in [0, 0.1) is 0 Å². The second kappa shape index (κ2) is 15.9. The number of anilines is 2. The van der Waals surface area contributed by atoms with E-state index in [-0.39, 0.29) is 24.9 Å². The lowest BCUT2D eigenvalue weighted by Gasteiger charge is -2.26. The van der Waals surface area contributed by atoms with Gasteiger partial charge in [-0.2, -0.15) is 14.8 Å². The molecule has 2 saturated heterocycles. The molecular weight excluding hydrogens is 654 g/mol. The van der Waals surface area contributed by atoms with Gasteiger partial charge in [-0.3, -0.25) is 9.36 Å². The second-order valence-corrected chi connectivity index (χ2v) is 12.8. The number of fused-ring (bicyclic) bond motifs is 1. The quantitative estimate of drug-likeness (QED) is 0.124. The van der Waals surface area contributed by atoms with E-state index in [2.05, 4.69) is 60.2 Å². The number of hydrogen-bond acceptors (Lipinski definition) is 14. The number of aliphatic hydroxyl groups excluding tert-OH is 2. The summed E-state index contributed by atoms with van der Waals surface area (Å²) in [6.45, 7) is 5.75. The first-order valence-electron chi connectivity index (χ1n) is 17.4. The van der Waals surface area contributed by atoms with E-state index in [0.717, 1.165) is 30.8 Å². The van der Waals surface area contributed by atoms with Gasteiger partial charge in [-0.1, -0.05) is 67.1 Å². The Morgan fingerprint density at radius 2 is 1.69 bits per heavy atom. The highest BCUT2D eigenvalue weighted by atomic mass is 16.6. The first-order chi connectivity index (χ1) is 24.9. The molecule has 4 atom stereocenters. The smallest absolute Gasteiger partial charge is 0.302 e. The molecule has 0 aliphatic carbocycles. The predicted octanol–water partition coefficient (Wildman–Crippen LogP) is 2.51. The summed E-state index contributed by atoms with van der Waals surface area (Å²) >= 11 is 0. The summed E-state index contributed by atoms with van der Waals surface area (Å²) in [6.07, 6.45) is 0.343. The number of hydrogen-bond donors (Lipinski definition) is 4. The van der Waals surface area contributed by atoms with E-state index in [1.54, 1.807) is 4.57 Å². The van der Waals surface area contributed by atoms with Crippen molar-refractivity contribution in [1.29, 1.82) is 0 Å². The monoisotopic (exact) mass is 697 g/mol. The largest absolute Gasteiger partial charge is 0.464 e. The van der Waals surface area contributed by atoms with Crippen LogP contribution in [0.15, 0.2) is 67.0 Å². The van der Waals surface area contributed by atoms with Crippen LogP contribution in [0.25, 0.3) is 11.2 Å². The van der Waals surface area contributed by atoms with Gasteiger partial charge in [0.2, 0.25) is 11.8 Å². The zero-order chi connectivity index (χ0) is 35.2. The van der Waals surface area contributed by atoms with Crippen molar-refractivity contribution >= 4 is 28.9 Å². The fourth-order valence-corrected chi connectivity index (χ4v) is 6.65. The lowest BCUT2D eigenvalue weighted by atomic mass is 9.91. The summed E-state index contributed by atoms with van der Waals surface area (Å²) < 4.78 is 12.7. The molecule has 268 valence electrons. The van der Waals surface area contributed by atoms with Crippen LogP contribution >= 0.6 is 0 Å². The van der Waals surface area contributed by atoms with Crippen molar-refractivity contribution in [2.45, 2.75) is 63.2 Å². The number of esters is 1. The third-order valence-corrected chi connectivity index (χ3v) is 9.29. The number of nitrogens with zero attached hydrogens (tertiary/aromatic N) is 9. The van der Waals surface area contributed by atoms with Crippen LogP contribution in [0.3, 0.4) is 0 Å². The molecule has 0 amide bonds. The van der Waals surface area contributed by atoms with Gasteiger partial charge >= 0.3 is 5.97 Å². The zero-order valence-corrected chi connectivity index (χ0v) is 28.5. The minimum Gasteiger partial charge on any atom is -0.464 e. The highest BCUT2D eigenvalue weighted by Gasteiger charge is 2.47. The molecule has 16 nitrogen and oxygen atoms in total. The highest BCUT2D eigenvalue weighted by molar-refractivity contribution is 5.84. The Kier molecular flexibility index (Phi) is 10.7. The Morgan fingerprint density at radius 3 is 2.39 bits per heavy atom. The molecule has 5 heterocycles. The standard InChI is InChI=1S/C35H43N11O5/c1-23(47)50-20-19-46-42-32(41-43-46)30-28(48)29(49)34(51-30)45-22-38-27-31(39-35(40-33(27)45)36-15-18-44-16-9-4-10-17-44)37-21-26(24-11-5-2-6-12-24)25-13-7-3-8-14-25/h2-3,5-8,11-14,22,26,28-30,34,48-49H,4,9-10,15-21H2,1H3,(H2,36,37,39,40)/t28-,29+,30-,34+/m0/s1. The average Bonchev–Trinajstić information content (AvgIpc) is 3.87. The molecule has 0 radical (unpaired) electrons. The topological polar surface area (TPSA) is 190 Å². The maximum absolute atomic E-state index is 11.2. The number of ether oxygens (including phenoxy) is 2. The van der Waals surface area contributed by atoms with Crippen molar-refractivity contribution in [3.8, 4) is 0 Å². The van der Waals surface area contributed by atoms with E-state index < -0.39 is 30.5 Å². The molecule has 2 aromatic carbocycles. The number of imidazole rings is 1. The van der Waals surface area contributed by atoms with Gasteiger partial charge in [-0.25, -0.2) is 4.98 Å². The van der Waals surface area contributed by atoms with Gasteiger partial charge in [0.25, 0.3) is 0 Å². The van der Waals surface area contributed by atoms with E-state index >= 15 is 0 Å². The van der Waals surface area contributed by atoms with Crippen molar-refractivity contribution in [3.05, 3.63) is 83.9 Å². The maximum atomic E-state index is 11.2. The third kappa shape index (κ3) is 7.99. The normalized spacial score (nSPS) is 20.9.